The van der Waals surface area contributed by atoms with Gasteiger partial charge in [0.25, 0.3) is 5.56 Å². The van der Waals surface area contributed by atoms with Gasteiger partial charge in [-0.25, -0.2) is 9.67 Å². The fraction of sp³-hybridized carbons (Fsp3) is 0.182. The molecular formula is C11H10ClN3O2. The van der Waals surface area contributed by atoms with Crippen molar-refractivity contribution < 1.29 is 4.74 Å². The topological polar surface area (TPSA) is 57.0 Å². The molecule has 0 saturated heterocycles. The number of rotatable bonds is 3. The van der Waals surface area contributed by atoms with E-state index in [1.165, 1.54) is 23.9 Å². The Labute approximate surface area is 103 Å². The fourth-order valence-electron chi connectivity index (χ4n) is 1.35. The zero-order chi connectivity index (χ0) is 12.3. The average Bonchev–Trinajstić information content (AvgIpc) is 2.35. The zero-order valence-corrected chi connectivity index (χ0v) is 9.89. The summed E-state index contributed by atoms with van der Waals surface area (Å²) in [6, 6.07) is 6.47. The van der Waals surface area contributed by atoms with Gasteiger partial charge in [-0.3, -0.25) is 4.79 Å². The van der Waals surface area contributed by atoms with E-state index in [1.54, 1.807) is 18.3 Å². The monoisotopic (exact) mass is 251 g/mol. The summed E-state index contributed by atoms with van der Waals surface area (Å²) in [5.41, 5.74) is 0.516. The van der Waals surface area contributed by atoms with Crippen LogP contribution in [0.1, 0.15) is 5.56 Å². The van der Waals surface area contributed by atoms with Gasteiger partial charge in [-0.2, -0.15) is 0 Å². The first-order valence-corrected chi connectivity index (χ1v) is 5.30. The molecule has 0 aliphatic rings. The standard InChI is InChI=1S/C11H10ClN3O2/c1-17-9-4-5-10(16)15(14-9)7-8-3-2-6-13-11(8)12/h2-6H,7H2,1H3. The first-order valence-electron chi connectivity index (χ1n) is 4.92. The summed E-state index contributed by atoms with van der Waals surface area (Å²) < 4.78 is 6.24. The van der Waals surface area contributed by atoms with Crippen LogP contribution in [0.2, 0.25) is 5.15 Å². The minimum atomic E-state index is -0.217. The van der Waals surface area contributed by atoms with Gasteiger partial charge < -0.3 is 4.74 Å². The molecule has 6 heteroatoms. The van der Waals surface area contributed by atoms with E-state index in [0.29, 0.717) is 11.0 Å². The first-order chi connectivity index (χ1) is 8.20. The Balaban J connectivity index is 2.36. The van der Waals surface area contributed by atoms with Crippen LogP contribution in [-0.4, -0.2) is 21.9 Å². The normalized spacial score (nSPS) is 10.2. The zero-order valence-electron chi connectivity index (χ0n) is 9.13. The lowest BCUT2D eigenvalue weighted by molar-refractivity contribution is 0.379. The lowest BCUT2D eigenvalue weighted by Crippen LogP contribution is -2.22. The highest BCUT2D eigenvalue weighted by molar-refractivity contribution is 6.30. The molecule has 17 heavy (non-hydrogen) atoms. The van der Waals surface area contributed by atoms with Crippen LogP contribution in [0, 0.1) is 0 Å². The van der Waals surface area contributed by atoms with Crippen LogP contribution in [0.3, 0.4) is 0 Å². The van der Waals surface area contributed by atoms with Gasteiger partial charge in [-0.1, -0.05) is 17.7 Å². The van der Waals surface area contributed by atoms with Crippen LogP contribution in [0.5, 0.6) is 5.88 Å². The molecule has 2 aromatic rings. The van der Waals surface area contributed by atoms with Crippen LogP contribution >= 0.6 is 11.6 Å². The summed E-state index contributed by atoms with van der Waals surface area (Å²) >= 11 is 5.91. The van der Waals surface area contributed by atoms with Gasteiger partial charge in [0.1, 0.15) is 5.15 Å². The Hall–Kier alpha value is -1.88. The van der Waals surface area contributed by atoms with Crippen molar-refractivity contribution in [3.63, 3.8) is 0 Å². The number of aromatic nitrogens is 3. The van der Waals surface area contributed by atoms with Crippen molar-refractivity contribution in [2.45, 2.75) is 6.54 Å². The smallest absolute Gasteiger partial charge is 0.267 e. The Morgan fingerprint density at radius 1 is 1.41 bits per heavy atom. The minimum Gasteiger partial charge on any atom is -0.480 e. The maximum atomic E-state index is 11.6. The van der Waals surface area contributed by atoms with Gasteiger partial charge >= 0.3 is 0 Å². The molecular weight excluding hydrogens is 242 g/mol. The molecule has 0 unspecified atom stereocenters. The molecule has 0 spiro atoms. The molecule has 0 aliphatic carbocycles. The summed E-state index contributed by atoms with van der Waals surface area (Å²) in [6.07, 6.45) is 1.59. The number of ether oxygens (including phenoxy) is 1. The number of nitrogens with zero attached hydrogens (tertiary/aromatic N) is 3. The highest BCUT2D eigenvalue weighted by Crippen LogP contribution is 2.12. The van der Waals surface area contributed by atoms with Gasteiger partial charge in [-0.05, 0) is 6.07 Å². The van der Waals surface area contributed by atoms with E-state index >= 15 is 0 Å². The van der Waals surface area contributed by atoms with Gasteiger partial charge in [0, 0.05) is 23.9 Å². The Morgan fingerprint density at radius 2 is 2.24 bits per heavy atom. The van der Waals surface area contributed by atoms with Crippen molar-refractivity contribution in [3.05, 3.63) is 51.5 Å². The second-order valence-electron chi connectivity index (χ2n) is 3.32. The van der Waals surface area contributed by atoms with Crippen LogP contribution in [0.4, 0.5) is 0 Å². The largest absolute Gasteiger partial charge is 0.480 e. The first kappa shape index (κ1) is 11.6. The molecule has 0 N–H and O–H groups in total. The number of methoxy groups -OCH3 is 1. The molecule has 2 aromatic heterocycles. The van der Waals surface area contributed by atoms with E-state index in [0.717, 1.165) is 5.56 Å². The van der Waals surface area contributed by atoms with Crippen LogP contribution in [-0.2, 0) is 6.54 Å². The summed E-state index contributed by atoms with van der Waals surface area (Å²) in [7, 11) is 1.49. The SMILES string of the molecule is COc1ccc(=O)n(Cc2cccnc2Cl)n1. The molecule has 88 valence electrons. The van der Waals surface area contributed by atoms with E-state index in [2.05, 4.69) is 10.1 Å². The lowest BCUT2D eigenvalue weighted by Gasteiger charge is -2.06. The van der Waals surface area contributed by atoms with Crippen molar-refractivity contribution in [1.29, 1.82) is 0 Å². The van der Waals surface area contributed by atoms with Crippen LogP contribution in [0.15, 0.2) is 35.3 Å². The maximum Gasteiger partial charge on any atom is 0.267 e. The maximum absolute atomic E-state index is 11.6. The predicted molar refractivity (Wildman–Crippen MR) is 63.4 cm³/mol. The molecule has 0 aliphatic heterocycles. The number of hydrogen-bond acceptors (Lipinski definition) is 4. The molecule has 0 amide bonds. The van der Waals surface area contributed by atoms with Gasteiger partial charge in [0.15, 0.2) is 0 Å². The van der Waals surface area contributed by atoms with E-state index < -0.39 is 0 Å². The Kier molecular flexibility index (Phi) is 3.39. The van der Waals surface area contributed by atoms with E-state index in [1.807, 2.05) is 0 Å². The number of hydrogen-bond donors (Lipinski definition) is 0. The van der Waals surface area contributed by atoms with Crippen molar-refractivity contribution in [2.24, 2.45) is 0 Å². The highest BCUT2D eigenvalue weighted by Gasteiger charge is 2.05. The molecule has 5 nitrogen and oxygen atoms in total. The van der Waals surface area contributed by atoms with E-state index in [4.69, 9.17) is 16.3 Å². The molecule has 0 radical (unpaired) electrons. The number of pyridine rings is 1. The van der Waals surface area contributed by atoms with Gasteiger partial charge in [0.2, 0.25) is 5.88 Å². The Bertz CT molecular complexity index is 583. The second-order valence-corrected chi connectivity index (χ2v) is 3.68. The number of halogens is 1. The summed E-state index contributed by atoms with van der Waals surface area (Å²) in [6.45, 7) is 0.267. The van der Waals surface area contributed by atoms with Crippen molar-refractivity contribution in [2.75, 3.05) is 7.11 Å². The average molecular weight is 252 g/mol. The summed E-state index contributed by atoms with van der Waals surface area (Å²) in [5, 5.41) is 4.39. The van der Waals surface area contributed by atoms with Gasteiger partial charge in [-0.15, -0.1) is 5.10 Å². The predicted octanol–water partition coefficient (Wildman–Crippen LogP) is 1.35. The molecule has 2 heterocycles. The Morgan fingerprint density at radius 3 is 2.94 bits per heavy atom. The van der Waals surface area contributed by atoms with Crippen LogP contribution in [0.25, 0.3) is 0 Å². The van der Waals surface area contributed by atoms with Crippen molar-refractivity contribution in [1.82, 2.24) is 14.8 Å². The lowest BCUT2D eigenvalue weighted by atomic mass is 10.3. The molecule has 0 saturated carbocycles. The fourth-order valence-corrected chi connectivity index (χ4v) is 1.53. The molecule has 0 bridgehead atoms. The molecule has 0 aromatic carbocycles. The third-order valence-electron chi connectivity index (χ3n) is 2.21. The summed E-state index contributed by atoms with van der Waals surface area (Å²) in [4.78, 5) is 15.5. The third-order valence-corrected chi connectivity index (χ3v) is 2.55. The van der Waals surface area contributed by atoms with E-state index in [-0.39, 0.29) is 12.1 Å². The van der Waals surface area contributed by atoms with Crippen molar-refractivity contribution >= 4 is 11.6 Å². The van der Waals surface area contributed by atoms with Gasteiger partial charge in [0.05, 0.1) is 13.7 Å². The molecule has 0 atom stereocenters. The summed E-state index contributed by atoms with van der Waals surface area (Å²) in [5.74, 6) is 0.379. The second kappa shape index (κ2) is 4.97. The third kappa shape index (κ3) is 2.62. The molecule has 0 fully saturated rings. The van der Waals surface area contributed by atoms with E-state index in [9.17, 15) is 4.79 Å². The highest BCUT2D eigenvalue weighted by atomic mass is 35.5. The minimum absolute atomic E-state index is 0.217. The van der Waals surface area contributed by atoms with Crippen molar-refractivity contribution in [3.8, 4) is 5.88 Å². The molecule has 2 rings (SSSR count). The quantitative estimate of drug-likeness (QED) is 0.773. The van der Waals surface area contributed by atoms with Crippen LogP contribution < -0.4 is 10.3 Å².